The summed E-state index contributed by atoms with van der Waals surface area (Å²) in [5.41, 5.74) is 7.29. The molecule has 1 fully saturated rings. The van der Waals surface area contributed by atoms with E-state index >= 15 is 0 Å². The molecule has 0 saturated carbocycles. The number of aryl methyl sites for hydroxylation is 2. The highest BCUT2D eigenvalue weighted by Crippen LogP contribution is 2.43. The SMILES string of the molecule is COc1cc2c(c3oc(=O)c(CCC(=O)N4CCC(C(N)=O)CC4)c(C)c13)CCC(C)(C)O2. The number of piperidine rings is 1. The van der Waals surface area contributed by atoms with Gasteiger partial charge in [0.2, 0.25) is 11.8 Å². The maximum atomic E-state index is 12.9. The second-order valence-electron chi connectivity index (χ2n) is 9.67. The average molecular weight is 457 g/mol. The fraction of sp³-hybridized carbons (Fsp3) is 0.560. The molecule has 0 unspecified atom stereocenters. The zero-order chi connectivity index (χ0) is 23.9. The van der Waals surface area contributed by atoms with Crippen molar-refractivity contribution in [1.29, 1.82) is 0 Å². The van der Waals surface area contributed by atoms with Crippen LogP contribution in [0.15, 0.2) is 15.3 Å². The molecule has 33 heavy (non-hydrogen) atoms. The fourth-order valence-electron chi connectivity index (χ4n) is 4.94. The minimum absolute atomic E-state index is 0.0372. The minimum atomic E-state index is -0.430. The van der Waals surface area contributed by atoms with Gasteiger partial charge in [0.05, 0.1) is 12.5 Å². The van der Waals surface area contributed by atoms with Crippen molar-refractivity contribution in [2.75, 3.05) is 20.2 Å². The summed E-state index contributed by atoms with van der Waals surface area (Å²) >= 11 is 0. The Morgan fingerprint density at radius 3 is 2.61 bits per heavy atom. The summed E-state index contributed by atoms with van der Waals surface area (Å²) in [6.07, 6.45) is 3.20. The first-order chi connectivity index (χ1) is 15.6. The van der Waals surface area contributed by atoms with Gasteiger partial charge >= 0.3 is 5.63 Å². The number of amides is 2. The van der Waals surface area contributed by atoms with Gasteiger partial charge in [-0.1, -0.05) is 0 Å². The molecule has 2 amide bonds. The molecule has 0 radical (unpaired) electrons. The minimum Gasteiger partial charge on any atom is -0.496 e. The van der Waals surface area contributed by atoms with Crippen LogP contribution in [0.1, 0.15) is 56.2 Å². The Hall–Kier alpha value is -3.03. The number of hydrogen-bond acceptors (Lipinski definition) is 6. The molecule has 0 atom stereocenters. The Kier molecular flexibility index (Phi) is 6.12. The number of carbonyl (C=O) groups excluding carboxylic acids is 2. The van der Waals surface area contributed by atoms with Gasteiger partial charge in [0.15, 0.2) is 0 Å². The summed E-state index contributed by atoms with van der Waals surface area (Å²) in [7, 11) is 1.58. The van der Waals surface area contributed by atoms with Gasteiger partial charge in [0.1, 0.15) is 22.7 Å². The zero-order valence-corrected chi connectivity index (χ0v) is 19.8. The van der Waals surface area contributed by atoms with E-state index in [2.05, 4.69) is 0 Å². The summed E-state index contributed by atoms with van der Waals surface area (Å²) < 4.78 is 17.6. The number of nitrogens with two attached hydrogens (primary N) is 1. The van der Waals surface area contributed by atoms with E-state index in [0.717, 1.165) is 29.4 Å². The van der Waals surface area contributed by atoms with Crippen molar-refractivity contribution in [3.8, 4) is 11.5 Å². The number of primary amides is 1. The van der Waals surface area contributed by atoms with E-state index in [-0.39, 0.29) is 36.2 Å². The Bertz CT molecular complexity index is 1160. The Morgan fingerprint density at radius 2 is 1.97 bits per heavy atom. The van der Waals surface area contributed by atoms with Crippen LogP contribution in [0, 0.1) is 12.8 Å². The standard InChI is InChI=1S/C25H32N2O6/c1-14-16(5-6-20(28)27-11-8-15(9-12-27)23(26)29)24(30)32-22-17-7-10-25(2,3)33-18(17)13-19(31-4)21(14)22/h13,15H,5-12H2,1-4H3,(H2,26,29). The normalized spacial score (nSPS) is 18.0. The molecular formula is C25H32N2O6. The van der Waals surface area contributed by atoms with Gasteiger partial charge in [0, 0.05) is 42.6 Å². The van der Waals surface area contributed by atoms with Crippen molar-refractivity contribution in [1.82, 2.24) is 4.90 Å². The zero-order valence-electron chi connectivity index (χ0n) is 19.8. The van der Waals surface area contributed by atoms with Crippen LogP contribution < -0.4 is 20.8 Å². The van der Waals surface area contributed by atoms with Crippen molar-refractivity contribution in [3.05, 3.63) is 33.2 Å². The van der Waals surface area contributed by atoms with Crippen LogP contribution in [0.3, 0.4) is 0 Å². The third-order valence-corrected chi connectivity index (χ3v) is 7.00. The maximum absolute atomic E-state index is 12.9. The molecule has 178 valence electrons. The van der Waals surface area contributed by atoms with E-state index in [1.165, 1.54) is 0 Å². The Labute approximate surface area is 193 Å². The number of carbonyl (C=O) groups is 2. The number of fused-ring (bicyclic) bond motifs is 3. The molecule has 1 aromatic carbocycles. The third-order valence-electron chi connectivity index (χ3n) is 7.00. The fourth-order valence-corrected chi connectivity index (χ4v) is 4.94. The van der Waals surface area contributed by atoms with Crippen molar-refractivity contribution in [2.45, 2.75) is 64.9 Å². The summed E-state index contributed by atoms with van der Waals surface area (Å²) in [4.78, 5) is 38.8. The number of likely N-dealkylation sites (tertiary alicyclic amines) is 1. The molecule has 2 N–H and O–H groups in total. The summed E-state index contributed by atoms with van der Waals surface area (Å²) in [6.45, 7) is 6.96. The van der Waals surface area contributed by atoms with E-state index in [1.807, 2.05) is 26.8 Å². The van der Waals surface area contributed by atoms with Crippen LogP contribution in [0.5, 0.6) is 11.5 Å². The highest BCUT2D eigenvalue weighted by atomic mass is 16.5. The summed E-state index contributed by atoms with van der Waals surface area (Å²) in [5, 5.41) is 0.754. The first-order valence-corrected chi connectivity index (χ1v) is 11.5. The third kappa shape index (κ3) is 4.43. The molecule has 2 aromatic rings. The monoisotopic (exact) mass is 456 g/mol. The first-order valence-electron chi connectivity index (χ1n) is 11.5. The number of methoxy groups -OCH3 is 1. The molecule has 1 aromatic heterocycles. The predicted octanol–water partition coefficient (Wildman–Crippen LogP) is 2.87. The quantitative estimate of drug-likeness (QED) is 0.693. The molecule has 2 aliphatic rings. The van der Waals surface area contributed by atoms with Gasteiger partial charge in [-0.25, -0.2) is 4.79 Å². The van der Waals surface area contributed by atoms with Crippen molar-refractivity contribution >= 4 is 22.8 Å². The van der Waals surface area contributed by atoms with E-state index in [0.29, 0.717) is 48.6 Å². The molecule has 0 spiro atoms. The second-order valence-corrected chi connectivity index (χ2v) is 9.67. The highest BCUT2D eigenvalue weighted by Gasteiger charge is 2.31. The average Bonchev–Trinajstić information content (AvgIpc) is 2.77. The number of hydrogen-bond donors (Lipinski definition) is 1. The predicted molar refractivity (Wildman–Crippen MR) is 124 cm³/mol. The van der Waals surface area contributed by atoms with E-state index in [4.69, 9.17) is 19.6 Å². The molecule has 0 bridgehead atoms. The van der Waals surface area contributed by atoms with Crippen LogP contribution in [0.2, 0.25) is 0 Å². The highest BCUT2D eigenvalue weighted by molar-refractivity contribution is 5.92. The van der Waals surface area contributed by atoms with Gasteiger partial charge in [-0.05, 0) is 58.4 Å². The lowest BCUT2D eigenvalue weighted by Gasteiger charge is -2.33. The van der Waals surface area contributed by atoms with Gasteiger partial charge in [-0.2, -0.15) is 0 Å². The Balaban J connectivity index is 1.60. The van der Waals surface area contributed by atoms with Gasteiger partial charge in [-0.15, -0.1) is 0 Å². The molecule has 4 rings (SSSR count). The molecule has 2 aliphatic heterocycles. The molecule has 1 saturated heterocycles. The van der Waals surface area contributed by atoms with E-state index < -0.39 is 5.63 Å². The molecule has 8 nitrogen and oxygen atoms in total. The number of rotatable bonds is 5. The summed E-state index contributed by atoms with van der Waals surface area (Å²) in [5.74, 6) is 0.752. The lowest BCUT2D eigenvalue weighted by molar-refractivity contribution is -0.134. The summed E-state index contributed by atoms with van der Waals surface area (Å²) in [6, 6.07) is 1.86. The van der Waals surface area contributed by atoms with Crippen molar-refractivity contribution in [3.63, 3.8) is 0 Å². The van der Waals surface area contributed by atoms with Gasteiger partial charge in [-0.3, -0.25) is 9.59 Å². The number of nitrogens with zero attached hydrogens (tertiary/aromatic N) is 1. The maximum Gasteiger partial charge on any atom is 0.339 e. The largest absolute Gasteiger partial charge is 0.496 e. The van der Waals surface area contributed by atoms with Crippen LogP contribution in [0.4, 0.5) is 0 Å². The van der Waals surface area contributed by atoms with Crippen molar-refractivity contribution in [2.24, 2.45) is 11.7 Å². The smallest absolute Gasteiger partial charge is 0.339 e. The molecule has 3 heterocycles. The topological polar surface area (TPSA) is 112 Å². The molecule has 0 aliphatic carbocycles. The van der Waals surface area contributed by atoms with Crippen LogP contribution in [-0.4, -0.2) is 42.5 Å². The van der Waals surface area contributed by atoms with E-state index in [1.54, 1.807) is 12.0 Å². The first kappa shape index (κ1) is 23.1. The van der Waals surface area contributed by atoms with Gasteiger partial charge < -0.3 is 24.5 Å². The lowest BCUT2D eigenvalue weighted by Crippen LogP contribution is -2.41. The second kappa shape index (κ2) is 8.72. The Morgan fingerprint density at radius 1 is 1.27 bits per heavy atom. The van der Waals surface area contributed by atoms with Gasteiger partial charge in [0.25, 0.3) is 0 Å². The van der Waals surface area contributed by atoms with Crippen LogP contribution >= 0.6 is 0 Å². The lowest BCUT2D eigenvalue weighted by atomic mass is 9.91. The van der Waals surface area contributed by atoms with Crippen LogP contribution in [0.25, 0.3) is 11.0 Å². The van der Waals surface area contributed by atoms with Crippen molar-refractivity contribution < 1.29 is 23.5 Å². The molecular weight excluding hydrogens is 424 g/mol. The number of benzene rings is 1. The van der Waals surface area contributed by atoms with Crippen LogP contribution in [-0.2, 0) is 22.4 Å². The molecule has 8 heteroatoms. The van der Waals surface area contributed by atoms with E-state index in [9.17, 15) is 14.4 Å². The number of ether oxygens (including phenoxy) is 2.